The first-order valence-corrected chi connectivity index (χ1v) is 11.4. The normalized spacial score (nSPS) is 16.1. The van der Waals surface area contributed by atoms with E-state index in [0.717, 1.165) is 17.7 Å². The Morgan fingerprint density at radius 2 is 1.83 bits per heavy atom. The van der Waals surface area contributed by atoms with E-state index in [0.29, 0.717) is 38.2 Å². The molecule has 2 amide bonds. The molecule has 1 aliphatic rings. The molecule has 10 heteroatoms. The zero-order valence-corrected chi connectivity index (χ0v) is 19.3. The average molecular weight is 495 g/mol. The van der Waals surface area contributed by atoms with Gasteiger partial charge < -0.3 is 24.4 Å². The highest BCUT2D eigenvalue weighted by Gasteiger charge is 2.30. The van der Waals surface area contributed by atoms with E-state index in [9.17, 15) is 22.8 Å². The van der Waals surface area contributed by atoms with E-state index < -0.39 is 17.8 Å². The summed E-state index contributed by atoms with van der Waals surface area (Å²) in [7, 11) is 0. The second kappa shape index (κ2) is 13.1. The SMILES string of the molecule is O=C(NCCCC(=O)N1CCOC(COCc2cccc(C(F)(F)F)c2)C1)OCc1ccccc1. The van der Waals surface area contributed by atoms with Gasteiger partial charge in [0.05, 0.1) is 31.5 Å². The molecule has 2 aromatic rings. The second-order valence-corrected chi connectivity index (χ2v) is 8.14. The van der Waals surface area contributed by atoms with Gasteiger partial charge in [0.15, 0.2) is 0 Å². The number of benzene rings is 2. The molecule has 1 N–H and O–H groups in total. The van der Waals surface area contributed by atoms with E-state index >= 15 is 0 Å². The minimum Gasteiger partial charge on any atom is -0.445 e. The molecule has 0 bridgehead atoms. The number of rotatable bonds is 10. The number of alkyl halides is 3. The van der Waals surface area contributed by atoms with Crippen LogP contribution in [-0.2, 0) is 38.4 Å². The lowest BCUT2D eigenvalue weighted by molar-refractivity contribution is -0.141. The summed E-state index contributed by atoms with van der Waals surface area (Å²) >= 11 is 0. The summed E-state index contributed by atoms with van der Waals surface area (Å²) in [5, 5.41) is 2.63. The first kappa shape index (κ1) is 26.5. The molecule has 7 nitrogen and oxygen atoms in total. The van der Waals surface area contributed by atoms with Gasteiger partial charge in [-0.1, -0.05) is 42.5 Å². The van der Waals surface area contributed by atoms with Crippen LogP contribution in [-0.4, -0.2) is 55.9 Å². The van der Waals surface area contributed by atoms with Crippen LogP contribution in [0.4, 0.5) is 18.0 Å². The Morgan fingerprint density at radius 1 is 1.06 bits per heavy atom. The number of nitrogens with one attached hydrogen (secondary N) is 1. The van der Waals surface area contributed by atoms with Gasteiger partial charge in [0.2, 0.25) is 5.91 Å². The lowest BCUT2D eigenvalue weighted by atomic mass is 10.1. The molecule has 1 saturated heterocycles. The van der Waals surface area contributed by atoms with E-state index in [1.54, 1.807) is 11.0 Å². The Hall–Kier alpha value is -3.11. The van der Waals surface area contributed by atoms with Gasteiger partial charge in [-0.2, -0.15) is 13.2 Å². The van der Waals surface area contributed by atoms with E-state index in [-0.39, 0.29) is 38.3 Å². The number of morpholine rings is 1. The van der Waals surface area contributed by atoms with Crippen molar-refractivity contribution in [3.63, 3.8) is 0 Å². The van der Waals surface area contributed by atoms with Crippen LogP contribution >= 0.6 is 0 Å². The molecule has 0 aromatic heterocycles. The monoisotopic (exact) mass is 494 g/mol. The van der Waals surface area contributed by atoms with Crippen LogP contribution in [0.5, 0.6) is 0 Å². The van der Waals surface area contributed by atoms with Crippen molar-refractivity contribution in [3.8, 4) is 0 Å². The van der Waals surface area contributed by atoms with Crippen LogP contribution in [0.1, 0.15) is 29.5 Å². The topological polar surface area (TPSA) is 77.1 Å². The zero-order chi connectivity index (χ0) is 25.1. The summed E-state index contributed by atoms with van der Waals surface area (Å²) in [6, 6.07) is 14.3. The number of amides is 2. The third kappa shape index (κ3) is 9.22. The lowest BCUT2D eigenvalue weighted by Crippen LogP contribution is -2.47. The van der Waals surface area contributed by atoms with Crippen molar-refractivity contribution in [1.29, 1.82) is 0 Å². The first-order valence-electron chi connectivity index (χ1n) is 11.4. The maximum atomic E-state index is 12.8. The van der Waals surface area contributed by atoms with E-state index in [2.05, 4.69) is 5.32 Å². The van der Waals surface area contributed by atoms with Crippen molar-refractivity contribution in [2.75, 3.05) is 32.8 Å². The molecule has 1 fully saturated rings. The molecule has 35 heavy (non-hydrogen) atoms. The van der Waals surface area contributed by atoms with Crippen molar-refractivity contribution in [1.82, 2.24) is 10.2 Å². The van der Waals surface area contributed by atoms with Crippen molar-refractivity contribution in [3.05, 3.63) is 71.3 Å². The molecule has 0 aliphatic carbocycles. The second-order valence-electron chi connectivity index (χ2n) is 8.14. The Bertz CT molecular complexity index is 956. The van der Waals surface area contributed by atoms with Crippen molar-refractivity contribution >= 4 is 12.0 Å². The number of ether oxygens (including phenoxy) is 3. The highest BCUT2D eigenvalue weighted by molar-refractivity contribution is 5.76. The molecule has 0 radical (unpaired) electrons. The van der Waals surface area contributed by atoms with E-state index in [1.807, 2.05) is 30.3 Å². The molecule has 1 aliphatic heterocycles. The molecule has 1 heterocycles. The van der Waals surface area contributed by atoms with E-state index in [4.69, 9.17) is 14.2 Å². The molecule has 1 atom stereocenters. The Balaban J connectivity index is 1.30. The summed E-state index contributed by atoms with van der Waals surface area (Å²) in [4.78, 5) is 25.9. The third-order valence-electron chi connectivity index (χ3n) is 5.37. The molecular weight excluding hydrogens is 465 g/mol. The molecule has 0 saturated carbocycles. The fourth-order valence-corrected chi connectivity index (χ4v) is 3.55. The van der Waals surface area contributed by atoms with Crippen LogP contribution in [0.2, 0.25) is 0 Å². The number of hydrogen-bond acceptors (Lipinski definition) is 5. The largest absolute Gasteiger partial charge is 0.445 e. The van der Waals surface area contributed by atoms with Crippen LogP contribution in [0, 0.1) is 0 Å². The van der Waals surface area contributed by atoms with Gasteiger partial charge in [-0.15, -0.1) is 0 Å². The highest BCUT2D eigenvalue weighted by Crippen LogP contribution is 2.29. The minimum absolute atomic E-state index is 0.0176. The summed E-state index contributed by atoms with van der Waals surface area (Å²) < 4.78 is 54.8. The summed E-state index contributed by atoms with van der Waals surface area (Å²) in [5.41, 5.74) is 0.583. The predicted octanol–water partition coefficient (Wildman–Crippen LogP) is 4.16. The number of carbonyl (C=O) groups excluding carboxylic acids is 2. The number of alkyl carbamates (subject to hydrolysis) is 1. The summed E-state index contributed by atoms with van der Waals surface area (Å²) in [6.07, 6.45) is -4.57. The average Bonchev–Trinajstić information content (AvgIpc) is 2.86. The van der Waals surface area contributed by atoms with Crippen LogP contribution in [0.3, 0.4) is 0 Å². The Labute approximate surface area is 202 Å². The summed E-state index contributed by atoms with van der Waals surface area (Å²) in [5.74, 6) is -0.0596. The Morgan fingerprint density at radius 3 is 2.60 bits per heavy atom. The molecule has 1 unspecified atom stereocenters. The van der Waals surface area contributed by atoms with Gasteiger partial charge in [0.25, 0.3) is 0 Å². The quantitative estimate of drug-likeness (QED) is 0.502. The van der Waals surface area contributed by atoms with Gasteiger partial charge in [-0.05, 0) is 29.7 Å². The molecule has 3 rings (SSSR count). The van der Waals surface area contributed by atoms with Crippen LogP contribution in [0.25, 0.3) is 0 Å². The maximum absolute atomic E-state index is 12.8. The predicted molar refractivity (Wildman–Crippen MR) is 121 cm³/mol. The summed E-state index contributed by atoms with van der Waals surface area (Å²) in [6.45, 7) is 1.82. The van der Waals surface area contributed by atoms with Gasteiger partial charge in [0.1, 0.15) is 6.61 Å². The standard InChI is InChI=1S/C25H29F3N2O5/c26-25(27,28)21-9-4-8-20(14-21)16-33-18-22-15-30(12-13-34-22)23(31)10-5-11-29-24(32)35-17-19-6-2-1-3-7-19/h1-4,6-9,14,22H,5,10-13,15-18H2,(H,29,32). The number of nitrogens with zero attached hydrogens (tertiary/aromatic N) is 1. The smallest absolute Gasteiger partial charge is 0.416 e. The highest BCUT2D eigenvalue weighted by atomic mass is 19.4. The van der Waals surface area contributed by atoms with Crippen molar-refractivity contribution < 1.29 is 37.0 Å². The zero-order valence-electron chi connectivity index (χ0n) is 19.3. The molecule has 2 aromatic carbocycles. The number of carbonyl (C=O) groups is 2. The molecular formula is C25H29F3N2O5. The first-order chi connectivity index (χ1) is 16.8. The Kier molecular flexibility index (Phi) is 9.92. The fraction of sp³-hybridized carbons (Fsp3) is 0.440. The van der Waals surface area contributed by atoms with Crippen LogP contribution in [0.15, 0.2) is 54.6 Å². The van der Waals surface area contributed by atoms with Gasteiger partial charge in [-0.25, -0.2) is 4.79 Å². The van der Waals surface area contributed by atoms with E-state index in [1.165, 1.54) is 6.07 Å². The third-order valence-corrected chi connectivity index (χ3v) is 5.37. The van der Waals surface area contributed by atoms with Crippen LogP contribution < -0.4 is 5.32 Å². The number of hydrogen-bond donors (Lipinski definition) is 1. The fourth-order valence-electron chi connectivity index (χ4n) is 3.55. The minimum atomic E-state index is -4.40. The number of halogens is 3. The van der Waals surface area contributed by atoms with Gasteiger partial charge in [0, 0.05) is 26.1 Å². The molecule has 0 spiro atoms. The van der Waals surface area contributed by atoms with Gasteiger partial charge in [-0.3, -0.25) is 4.79 Å². The van der Waals surface area contributed by atoms with Crippen molar-refractivity contribution in [2.24, 2.45) is 0 Å². The van der Waals surface area contributed by atoms with Crippen molar-refractivity contribution in [2.45, 2.75) is 38.3 Å². The van der Waals surface area contributed by atoms with Gasteiger partial charge >= 0.3 is 12.3 Å². The molecule has 190 valence electrons. The lowest BCUT2D eigenvalue weighted by Gasteiger charge is -2.33. The maximum Gasteiger partial charge on any atom is 0.416 e.